The van der Waals surface area contributed by atoms with E-state index in [-0.39, 0.29) is 23.1 Å². The van der Waals surface area contributed by atoms with Crippen LogP contribution >= 0.6 is 0 Å². The smallest absolute Gasteiger partial charge is 0.339 e. The molecule has 30 heavy (non-hydrogen) atoms. The van der Waals surface area contributed by atoms with E-state index in [0.717, 1.165) is 36.2 Å². The summed E-state index contributed by atoms with van der Waals surface area (Å²) < 4.78 is 13.0. The summed E-state index contributed by atoms with van der Waals surface area (Å²) >= 11 is 0. The lowest BCUT2D eigenvalue weighted by atomic mass is 10.1. The van der Waals surface area contributed by atoms with E-state index in [4.69, 9.17) is 14.5 Å². The molecule has 5 rings (SSSR count). The number of hydrogen-bond donors (Lipinski definition) is 2. The molecule has 3 aromatic rings. The Morgan fingerprint density at radius 3 is 2.73 bits per heavy atom. The van der Waals surface area contributed by atoms with Crippen LogP contribution in [0.5, 0.6) is 11.5 Å². The van der Waals surface area contributed by atoms with Gasteiger partial charge in [-0.25, -0.2) is 9.78 Å². The maximum absolute atomic E-state index is 11.7. The van der Waals surface area contributed by atoms with Gasteiger partial charge in [0.1, 0.15) is 11.4 Å². The molecule has 2 aliphatic heterocycles. The summed E-state index contributed by atoms with van der Waals surface area (Å²) in [7, 11) is 1.40. The monoisotopic (exact) mass is 409 g/mol. The highest BCUT2D eigenvalue weighted by atomic mass is 16.5. The molecule has 2 saturated heterocycles. The SMILES string of the molecule is COc1cc(-c2nc3ccc(N4CCC4)cc3n2C2CCOC2)cc(C(=O)O)c1O. The van der Waals surface area contributed by atoms with Crippen molar-refractivity contribution in [2.45, 2.75) is 18.9 Å². The van der Waals surface area contributed by atoms with Crippen LogP contribution in [0.15, 0.2) is 30.3 Å². The number of aromatic carboxylic acids is 1. The van der Waals surface area contributed by atoms with E-state index in [0.29, 0.717) is 24.6 Å². The molecule has 8 nitrogen and oxygen atoms in total. The van der Waals surface area contributed by atoms with Crippen LogP contribution in [0.25, 0.3) is 22.4 Å². The minimum Gasteiger partial charge on any atom is -0.504 e. The predicted molar refractivity (Wildman–Crippen MR) is 112 cm³/mol. The van der Waals surface area contributed by atoms with Crippen LogP contribution in [0.2, 0.25) is 0 Å². The number of hydrogen-bond acceptors (Lipinski definition) is 6. The average molecular weight is 409 g/mol. The Morgan fingerprint density at radius 2 is 2.10 bits per heavy atom. The highest BCUT2D eigenvalue weighted by molar-refractivity contribution is 5.94. The molecule has 0 radical (unpaired) electrons. The van der Waals surface area contributed by atoms with E-state index >= 15 is 0 Å². The zero-order chi connectivity index (χ0) is 20.8. The summed E-state index contributed by atoms with van der Waals surface area (Å²) in [5.74, 6) is -0.866. The minimum absolute atomic E-state index is 0.102. The number of ether oxygens (including phenoxy) is 2. The van der Waals surface area contributed by atoms with Crippen LogP contribution in [0.4, 0.5) is 5.69 Å². The van der Waals surface area contributed by atoms with Gasteiger partial charge in [0.25, 0.3) is 0 Å². The summed E-state index contributed by atoms with van der Waals surface area (Å²) in [5.41, 5.74) is 3.36. The molecule has 0 saturated carbocycles. The highest BCUT2D eigenvalue weighted by Crippen LogP contribution is 2.39. The van der Waals surface area contributed by atoms with Gasteiger partial charge in [-0.05, 0) is 43.2 Å². The van der Waals surface area contributed by atoms with E-state index in [9.17, 15) is 15.0 Å². The number of fused-ring (bicyclic) bond motifs is 1. The minimum atomic E-state index is -1.22. The molecular weight excluding hydrogens is 386 g/mol. The fourth-order valence-electron chi connectivity index (χ4n) is 4.21. The fraction of sp³-hybridized carbons (Fsp3) is 0.364. The number of carbonyl (C=O) groups is 1. The second kappa shape index (κ2) is 7.21. The van der Waals surface area contributed by atoms with Crippen LogP contribution in [0.3, 0.4) is 0 Å². The Morgan fingerprint density at radius 1 is 1.27 bits per heavy atom. The van der Waals surface area contributed by atoms with Crippen LogP contribution in [0, 0.1) is 0 Å². The molecule has 0 amide bonds. The number of methoxy groups -OCH3 is 1. The molecule has 1 unspecified atom stereocenters. The molecule has 1 atom stereocenters. The van der Waals surface area contributed by atoms with Crippen molar-refractivity contribution >= 4 is 22.7 Å². The number of carboxylic acids is 1. The number of aromatic nitrogens is 2. The van der Waals surface area contributed by atoms with E-state index < -0.39 is 5.97 Å². The van der Waals surface area contributed by atoms with Crippen molar-refractivity contribution in [3.63, 3.8) is 0 Å². The molecule has 1 aromatic heterocycles. The summed E-state index contributed by atoms with van der Waals surface area (Å²) in [4.78, 5) is 18.8. The highest BCUT2D eigenvalue weighted by Gasteiger charge is 2.27. The molecule has 0 spiro atoms. The van der Waals surface area contributed by atoms with Gasteiger partial charge in [0.05, 0.1) is 30.8 Å². The van der Waals surface area contributed by atoms with Gasteiger partial charge in [-0.1, -0.05) is 0 Å². The van der Waals surface area contributed by atoms with Crippen LogP contribution < -0.4 is 9.64 Å². The molecule has 8 heteroatoms. The molecule has 0 aliphatic carbocycles. The van der Waals surface area contributed by atoms with Gasteiger partial charge in [-0.3, -0.25) is 0 Å². The largest absolute Gasteiger partial charge is 0.504 e. The summed E-state index contributed by atoms with van der Waals surface area (Å²) in [6.07, 6.45) is 2.05. The van der Waals surface area contributed by atoms with Crippen molar-refractivity contribution < 1.29 is 24.5 Å². The molecule has 2 aliphatic rings. The van der Waals surface area contributed by atoms with Crippen molar-refractivity contribution in [1.82, 2.24) is 9.55 Å². The fourth-order valence-corrected chi connectivity index (χ4v) is 4.21. The number of phenols is 1. The van der Waals surface area contributed by atoms with Gasteiger partial charge in [-0.2, -0.15) is 0 Å². The Bertz CT molecular complexity index is 1130. The van der Waals surface area contributed by atoms with Crippen molar-refractivity contribution in [2.24, 2.45) is 0 Å². The number of aromatic hydroxyl groups is 1. The number of anilines is 1. The lowest BCUT2D eigenvalue weighted by Crippen LogP contribution is -2.36. The van der Waals surface area contributed by atoms with Crippen molar-refractivity contribution in [1.29, 1.82) is 0 Å². The topological polar surface area (TPSA) is 97.0 Å². The predicted octanol–water partition coefficient (Wildman–Crippen LogP) is 3.29. The van der Waals surface area contributed by atoms with Gasteiger partial charge >= 0.3 is 5.97 Å². The zero-order valence-electron chi connectivity index (χ0n) is 16.7. The molecule has 2 aromatic carbocycles. The van der Waals surface area contributed by atoms with E-state index in [1.165, 1.54) is 19.6 Å². The number of imidazole rings is 1. The van der Waals surface area contributed by atoms with E-state index in [1.807, 2.05) is 6.07 Å². The third-order valence-corrected chi connectivity index (χ3v) is 5.95. The van der Waals surface area contributed by atoms with Gasteiger partial charge in [0.2, 0.25) is 0 Å². The summed E-state index contributed by atoms with van der Waals surface area (Å²) in [5, 5.41) is 19.8. The zero-order valence-corrected chi connectivity index (χ0v) is 16.7. The standard InChI is InChI=1S/C22H23N3O5/c1-29-19-10-13(9-16(20(19)26)22(27)28)21-23-17-4-3-14(24-6-2-7-24)11-18(17)25(21)15-5-8-30-12-15/h3-4,9-11,15,26H,2,5-8,12H2,1H3,(H,27,28). The molecular formula is C22H23N3O5. The average Bonchev–Trinajstić information content (AvgIpc) is 3.33. The Labute approximate surface area is 173 Å². The van der Waals surface area contributed by atoms with Gasteiger partial charge in [0, 0.05) is 30.9 Å². The second-order valence-electron chi connectivity index (χ2n) is 7.72. The number of benzene rings is 2. The lowest BCUT2D eigenvalue weighted by Gasteiger charge is -2.33. The Hall–Kier alpha value is -3.26. The third kappa shape index (κ3) is 2.95. The Kier molecular flexibility index (Phi) is 4.51. The Balaban J connectivity index is 1.73. The maximum Gasteiger partial charge on any atom is 0.339 e. The number of rotatable bonds is 5. The second-order valence-corrected chi connectivity index (χ2v) is 7.72. The first-order valence-electron chi connectivity index (χ1n) is 10.1. The number of carboxylic acid groups (broad SMARTS) is 1. The molecule has 2 fully saturated rings. The maximum atomic E-state index is 11.7. The molecule has 0 bridgehead atoms. The molecule has 2 N–H and O–H groups in total. The summed E-state index contributed by atoms with van der Waals surface area (Å²) in [6, 6.07) is 9.42. The quantitative estimate of drug-likeness (QED) is 0.667. The first-order chi connectivity index (χ1) is 14.6. The van der Waals surface area contributed by atoms with Crippen LogP contribution in [0.1, 0.15) is 29.2 Å². The van der Waals surface area contributed by atoms with Crippen molar-refractivity contribution in [3.8, 4) is 22.9 Å². The van der Waals surface area contributed by atoms with Crippen molar-refractivity contribution in [3.05, 3.63) is 35.9 Å². The molecule has 156 valence electrons. The molecule has 3 heterocycles. The van der Waals surface area contributed by atoms with Crippen LogP contribution in [-0.2, 0) is 4.74 Å². The normalized spacial score (nSPS) is 18.6. The van der Waals surface area contributed by atoms with E-state index in [2.05, 4.69) is 21.6 Å². The first-order valence-corrected chi connectivity index (χ1v) is 10.1. The van der Waals surface area contributed by atoms with Gasteiger partial charge in [0.15, 0.2) is 11.5 Å². The van der Waals surface area contributed by atoms with Gasteiger partial charge < -0.3 is 29.2 Å². The number of nitrogens with zero attached hydrogens (tertiary/aromatic N) is 3. The van der Waals surface area contributed by atoms with Crippen LogP contribution in [-0.4, -0.2) is 59.1 Å². The lowest BCUT2D eigenvalue weighted by molar-refractivity contribution is 0.0693. The van der Waals surface area contributed by atoms with Gasteiger partial charge in [-0.15, -0.1) is 0 Å². The first kappa shape index (κ1) is 18.7. The van der Waals surface area contributed by atoms with E-state index in [1.54, 1.807) is 6.07 Å². The summed E-state index contributed by atoms with van der Waals surface area (Å²) in [6.45, 7) is 3.36. The third-order valence-electron chi connectivity index (χ3n) is 5.95. The van der Waals surface area contributed by atoms with Crippen molar-refractivity contribution in [2.75, 3.05) is 38.3 Å².